The minimum atomic E-state index is -0.950. The number of benzene rings is 1. The van der Waals surface area contributed by atoms with Crippen LogP contribution in [0.1, 0.15) is 51.2 Å². The first-order chi connectivity index (χ1) is 9.04. The molecule has 2 N–H and O–H groups in total. The maximum atomic E-state index is 13.4. The first-order valence-corrected chi connectivity index (χ1v) is 6.91. The lowest BCUT2D eigenvalue weighted by molar-refractivity contribution is 0.165. The van der Waals surface area contributed by atoms with Gasteiger partial charge in [-0.2, -0.15) is 0 Å². The summed E-state index contributed by atoms with van der Waals surface area (Å²) in [6.45, 7) is 4.47. The Balaban J connectivity index is 2.40. The molecule has 19 heavy (non-hydrogen) atoms. The number of nitrogens with one attached hydrogen (secondary N) is 1. The molecule has 0 amide bonds. The Kier molecular flexibility index (Phi) is 6.95. The van der Waals surface area contributed by atoms with Gasteiger partial charge in [-0.3, -0.25) is 0 Å². The van der Waals surface area contributed by atoms with Crippen LogP contribution in [0.5, 0.6) is 0 Å². The number of hydrogen-bond acceptors (Lipinski definition) is 2. The number of hydrogen-bond donors (Lipinski definition) is 2. The van der Waals surface area contributed by atoms with E-state index in [4.69, 9.17) is 0 Å². The third-order valence-corrected chi connectivity index (χ3v) is 3.22. The summed E-state index contributed by atoms with van der Waals surface area (Å²) in [5.41, 5.74) is 0.134. The van der Waals surface area contributed by atoms with Gasteiger partial charge in [0.2, 0.25) is 0 Å². The van der Waals surface area contributed by atoms with Crippen LogP contribution >= 0.6 is 0 Å². The molecule has 0 aliphatic carbocycles. The summed E-state index contributed by atoms with van der Waals surface area (Å²) < 4.78 is 26.2. The Bertz CT molecular complexity index is 384. The maximum absolute atomic E-state index is 13.4. The van der Waals surface area contributed by atoms with Crippen molar-refractivity contribution in [3.05, 3.63) is 35.4 Å². The lowest BCUT2D eigenvalue weighted by Gasteiger charge is -2.17. The van der Waals surface area contributed by atoms with Gasteiger partial charge in [0.25, 0.3) is 0 Å². The van der Waals surface area contributed by atoms with Crippen molar-refractivity contribution < 1.29 is 13.9 Å². The van der Waals surface area contributed by atoms with E-state index in [1.165, 1.54) is 18.9 Å². The lowest BCUT2D eigenvalue weighted by atomic mass is 10.1. The first kappa shape index (κ1) is 16.1. The number of aliphatic hydroxyl groups is 1. The Morgan fingerprint density at radius 1 is 1.26 bits per heavy atom. The van der Waals surface area contributed by atoms with Crippen molar-refractivity contribution in [2.75, 3.05) is 6.54 Å². The van der Waals surface area contributed by atoms with Crippen molar-refractivity contribution in [3.8, 4) is 0 Å². The van der Waals surface area contributed by atoms with Gasteiger partial charge in [0.15, 0.2) is 0 Å². The van der Waals surface area contributed by atoms with E-state index in [0.29, 0.717) is 0 Å². The Morgan fingerprint density at radius 2 is 2.00 bits per heavy atom. The first-order valence-electron chi connectivity index (χ1n) is 6.91. The van der Waals surface area contributed by atoms with E-state index >= 15 is 0 Å². The Labute approximate surface area is 113 Å². The van der Waals surface area contributed by atoms with Crippen molar-refractivity contribution in [2.24, 2.45) is 0 Å². The van der Waals surface area contributed by atoms with Gasteiger partial charge in [-0.1, -0.05) is 32.3 Å². The predicted octanol–water partition coefficient (Wildman–Crippen LogP) is 3.56. The second kappa shape index (κ2) is 8.23. The van der Waals surface area contributed by atoms with Gasteiger partial charge in [0.05, 0.1) is 6.10 Å². The van der Waals surface area contributed by atoms with E-state index in [9.17, 15) is 13.9 Å². The smallest absolute Gasteiger partial charge is 0.131 e. The molecule has 1 aromatic carbocycles. The monoisotopic (exact) mass is 271 g/mol. The lowest BCUT2D eigenvalue weighted by Crippen LogP contribution is -2.30. The third kappa shape index (κ3) is 5.66. The van der Waals surface area contributed by atoms with Crippen LogP contribution < -0.4 is 5.32 Å². The molecule has 1 aromatic rings. The average Bonchev–Trinajstić information content (AvgIpc) is 2.36. The normalized spacial score (nSPS) is 14.4. The van der Waals surface area contributed by atoms with E-state index in [1.807, 2.05) is 6.92 Å². The zero-order valence-electron chi connectivity index (χ0n) is 11.6. The van der Waals surface area contributed by atoms with Crippen LogP contribution in [0, 0.1) is 11.6 Å². The molecule has 0 aliphatic heterocycles. The molecule has 4 heteroatoms. The summed E-state index contributed by atoms with van der Waals surface area (Å²) in [5.74, 6) is -1.33. The summed E-state index contributed by atoms with van der Waals surface area (Å²) in [6.07, 6.45) is 3.60. The Hall–Kier alpha value is -1.00. The van der Waals surface area contributed by atoms with Crippen molar-refractivity contribution in [1.82, 2.24) is 5.32 Å². The van der Waals surface area contributed by atoms with E-state index in [-0.39, 0.29) is 18.2 Å². The number of aliphatic hydroxyl groups excluding tert-OH is 1. The molecular weight excluding hydrogens is 248 g/mol. The molecule has 0 saturated heterocycles. The van der Waals surface area contributed by atoms with Crippen LogP contribution in [-0.4, -0.2) is 17.7 Å². The van der Waals surface area contributed by atoms with Gasteiger partial charge >= 0.3 is 0 Å². The van der Waals surface area contributed by atoms with Crippen LogP contribution in [0.4, 0.5) is 8.78 Å². The van der Waals surface area contributed by atoms with E-state index < -0.39 is 17.7 Å². The van der Waals surface area contributed by atoms with Crippen molar-refractivity contribution in [3.63, 3.8) is 0 Å². The fourth-order valence-electron chi connectivity index (χ4n) is 2.00. The van der Waals surface area contributed by atoms with Gasteiger partial charge in [0, 0.05) is 24.2 Å². The topological polar surface area (TPSA) is 32.3 Å². The molecule has 0 spiro atoms. The average molecular weight is 271 g/mol. The molecule has 2 nitrogen and oxygen atoms in total. The van der Waals surface area contributed by atoms with Crippen LogP contribution in [0.2, 0.25) is 0 Å². The standard InChI is InChI=1S/C15H23F2NO/c1-3-4-5-6-11(2)18-10-15(19)13-8-7-12(16)9-14(13)17/h7-9,11,15,18-19H,3-6,10H2,1-2H3. The van der Waals surface area contributed by atoms with Crippen molar-refractivity contribution in [1.29, 1.82) is 0 Å². The maximum Gasteiger partial charge on any atom is 0.131 e. The fraction of sp³-hybridized carbons (Fsp3) is 0.600. The molecule has 2 atom stereocenters. The Morgan fingerprint density at radius 3 is 2.63 bits per heavy atom. The highest BCUT2D eigenvalue weighted by Gasteiger charge is 2.14. The van der Waals surface area contributed by atoms with E-state index in [0.717, 1.165) is 25.0 Å². The van der Waals surface area contributed by atoms with Crippen molar-refractivity contribution in [2.45, 2.75) is 51.7 Å². The number of rotatable bonds is 8. The fourth-order valence-corrected chi connectivity index (χ4v) is 2.00. The molecule has 0 aliphatic rings. The van der Waals surface area contributed by atoms with E-state index in [2.05, 4.69) is 12.2 Å². The minimum Gasteiger partial charge on any atom is -0.387 e. The highest BCUT2D eigenvalue weighted by molar-refractivity contribution is 5.21. The minimum absolute atomic E-state index is 0.134. The molecule has 0 radical (unpaired) electrons. The predicted molar refractivity (Wildman–Crippen MR) is 72.9 cm³/mol. The largest absolute Gasteiger partial charge is 0.387 e. The molecular formula is C15H23F2NO. The second-order valence-corrected chi connectivity index (χ2v) is 4.99. The highest BCUT2D eigenvalue weighted by atomic mass is 19.1. The second-order valence-electron chi connectivity index (χ2n) is 4.99. The molecule has 0 aromatic heterocycles. The molecule has 108 valence electrons. The molecule has 2 unspecified atom stereocenters. The van der Waals surface area contributed by atoms with Crippen LogP contribution in [0.3, 0.4) is 0 Å². The summed E-state index contributed by atoms with van der Waals surface area (Å²) in [5, 5.41) is 13.1. The summed E-state index contributed by atoms with van der Waals surface area (Å²) >= 11 is 0. The summed E-state index contributed by atoms with van der Waals surface area (Å²) in [4.78, 5) is 0. The number of unbranched alkanes of at least 4 members (excludes halogenated alkanes) is 2. The van der Waals surface area contributed by atoms with Gasteiger partial charge in [-0.05, 0) is 19.4 Å². The number of halogens is 2. The van der Waals surface area contributed by atoms with Crippen molar-refractivity contribution >= 4 is 0 Å². The molecule has 1 rings (SSSR count). The summed E-state index contributed by atoms with van der Waals surface area (Å²) in [6, 6.07) is 3.53. The van der Waals surface area contributed by atoms with Gasteiger partial charge in [-0.15, -0.1) is 0 Å². The quantitative estimate of drug-likeness (QED) is 0.709. The van der Waals surface area contributed by atoms with Crippen LogP contribution in [0.25, 0.3) is 0 Å². The zero-order valence-corrected chi connectivity index (χ0v) is 11.6. The van der Waals surface area contributed by atoms with Gasteiger partial charge < -0.3 is 10.4 Å². The molecule has 0 heterocycles. The molecule has 0 fully saturated rings. The van der Waals surface area contributed by atoms with E-state index in [1.54, 1.807) is 0 Å². The van der Waals surface area contributed by atoms with Crippen LogP contribution in [0.15, 0.2) is 18.2 Å². The summed E-state index contributed by atoms with van der Waals surface area (Å²) in [7, 11) is 0. The van der Waals surface area contributed by atoms with Gasteiger partial charge in [-0.25, -0.2) is 8.78 Å². The zero-order chi connectivity index (χ0) is 14.3. The molecule has 0 saturated carbocycles. The van der Waals surface area contributed by atoms with Gasteiger partial charge in [0.1, 0.15) is 11.6 Å². The van der Waals surface area contributed by atoms with Crippen LogP contribution in [-0.2, 0) is 0 Å². The highest BCUT2D eigenvalue weighted by Crippen LogP contribution is 2.17. The third-order valence-electron chi connectivity index (χ3n) is 3.22. The molecule has 0 bridgehead atoms. The SMILES string of the molecule is CCCCCC(C)NCC(O)c1ccc(F)cc1F.